The molecule has 2 aromatic heterocycles. The zero-order valence-corrected chi connectivity index (χ0v) is 18.4. The summed E-state index contributed by atoms with van der Waals surface area (Å²) >= 11 is 1.29. The minimum atomic E-state index is -0.402. The van der Waals surface area contributed by atoms with E-state index < -0.39 is 5.97 Å². The lowest BCUT2D eigenvalue weighted by Crippen LogP contribution is -2.46. The second-order valence-electron chi connectivity index (χ2n) is 7.60. The second kappa shape index (κ2) is 10.0. The highest BCUT2D eigenvalue weighted by molar-refractivity contribution is 7.12. The second-order valence-corrected chi connectivity index (χ2v) is 8.51. The van der Waals surface area contributed by atoms with Crippen LogP contribution in [0.25, 0.3) is 11.3 Å². The number of esters is 1. The molecule has 3 aromatic rings. The van der Waals surface area contributed by atoms with Crippen LogP contribution in [-0.4, -0.2) is 61.4 Å². The van der Waals surface area contributed by atoms with Crippen molar-refractivity contribution in [1.29, 1.82) is 0 Å². The molecule has 3 heterocycles. The van der Waals surface area contributed by atoms with Gasteiger partial charge in [0.15, 0.2) is 11.5 Å². The number of piperazine rings is 1. The monoisotopic (exact) mass is 438 g/mol. The molecule has 0 saturated carbocycles. The smallest absolute Gasteiger partial charge is 0.348 e. The summed E-state index contributed by atoms with van der Waals surface area (Å²) in [5.74, 6) is 0.424. The molecule has 0 bridgehead atoms. The summed E-state index contributed by atoms with van der Waals surface area (Å²) < 4.78 is 10.6. The number of nitrogens with zero attached hydrogens (tertiary/aromatic N) is 2. The summed E-state index contributed by atoms with van der Waals surface area (Å²) in [6.45, 7) is 5.62. The van der Waals surface area contributed by atoms with E-state index in [0.29, 0.717) is 28.4 Å². The van der Waals surface area contributed by atoms with E-state index in [-0.39, 0.29) is 5.78 Å². The molecular formula is C24H26N2O4S. The van der Waals surface area contributed by atoms with Crippen molar-refractivity contribution in [2.24, 2.45) is 0 Å². The first-order valence-corrected chi connectivity index (χ1v) is 11.3. The maximum absolute atomic E-state index is 12.6. The quantitative estimate of drug-likeness (QED) is 0.388. The molecule has 1 aliphatic heterocycles. The number of Topliss-reactive ketones (excluding diaryl/α,β-unsaturated/α-hetero) is 1. The summed E-state index contributed by atoms with van der Waals surface area (Å²) in [7, 11) is 1.35. The number of rotatable bonds is 8. The van der Waals surface area contributed by atoms with Crippen molar-refractivity contribution in [2.75, 3.05) is 39.8 Å². The Bertz CT molecular complexity index is 1020. The highest BCUT2D eigenvalue weighted by Gasteiger charge is 2.21. The molecule has 31 heavy (non-hydrogen) atoms. The van der Waals surface area contributed by atoms with Crippen molar-refractivity contribution < 1.29 is 18.7 Å². The summed E-state index contributed by atoms with van der Waals surface area (Å²) in [6, 6.07) is 15.7. The van der Waals surface area contributed by atoms with Gasteiger partial charge in [0.2, 0.25) is 0 Å². The third kappa shape index (κ3) is 5.31. The Morgan fingerprint density at radius 2 is 1.74 bits per heavy atom. The molecule has 1 aliphatic rings. The number of furan rings is 1. The van der Waals surface area contributed by atoms with Gasteiger partial charge in [-0.25, -0.2) is 4.79 Å². The topological polar surface area (TPSA) is 63.0 Å². The number of methoxy groups -OCH3 is 1. The van der Waals surface area contributed by atoms with Gasteiger partial charge >= 0.3 is 5.97 Å². The fourth-order valence-corrected chi connectivity index (χ4v) is 4.60. The van der Waals surface area contributed by atoms with Gasteiger partial charge in [0.05, 0.1) is 7.11 Å². The molecule has 0 aliphatic carbocycles. The summed E-state index contributed by atoms with van der Waals surface area (Å²) in [5, 5.41) is 1.81. The molecule has 1 fully saturated rings. The molecule has 6 nitrogen and oxygen atoms in total. The fourth-order valence-electron chi connectivity index (χ4n) is 3.78. The van der Waals surface area contributed by atoms with Gasteiger partial charge in [0.1, 0.15) is 10.6 Å². The number of benzene rings is 1. The van der Waals surface area contributed by atoms with Gasteiger partial charge in [-0.3, -0.25) is 9.69 Å². The minimum Gasteiger partial charge on any atom is -0.465 e. The van der Waals surface area contributed by atoms with E-state index in [9.17, 15) is 9.59 Å². The molecule has 0 N–H and O–H groups in total. The van der Waals surface area contributed by atoms with Crippen molar-refractivity contribution in [1.82, 2.24) is 9.80 Å². The van der Waals surface area contributed by atoms with Crippen LogP contribution in [-0.2, 0) is 11.3 Å². The van der Waals surface area contributed by atoms with Gasteiger partial charge < -0.3 is 14.1 Å². The normalized spacial score (nSPS) is 15.1. The zero-order chi connectivity index (χ0) is 21.6. The Kier molecular flexibility index (Phi) is 6.96. The standard InChI is InChI=1S/C24H26N2O4S/c1-29-24(28)23-19(10-16-31-23)21-7-8-22(30-21)20(27)9-11-25-12-14-26(15-13-25)17-18-5-3-2-4-6-18/h2-8,10,16H,9,11-15,17H2,1H3. The van der Waals surface area contributed by atoms with Crippen LogP contribution in [0.5, 0.6) is 0 Å². The van der Waals surface area contributed by atoms with Crippen LogP contribution in [0.15, 0.2) is 58.3 Å². The SMILES string of the molecule is COC(=O)c1sccc1-c1ccc(C(=O)CCN2CCN(Cc3ccccc3)CC2)o1. The molecule has 1 saturated heterocycles. The highest BCUT2D eigenvalue weighted by Crippen LogP contribution is 2.30. The molecular weight excluding hydrogens is 412 g/mol. The van der Waals surface area contributed by atoms with Crippen LogP contribution in [0, 0.1) is 0 Å². The number of hydrogen-bond acceptors (Lipinski definition) is 7. The zero-order valence-electron chi connectivity index (χ0n) is 17.6. The lowest BCUT2D eigenvalue weighted by molar-refractivity contribution is 0.0607. The highest BCUT2D eigenvalue weighted by atomic mass is 32.1. The summed E-state index contributed by atoms with van der Waals surface area (Å²) in [4.78, 5) is 29.8. The Labute approximate surface area is 186 Å². The number of hydrogen-bond donors (Lipinski definition) is 0. The molecule has 4 rings (SSSR count). The predicted molar refractivity (Wildman–Crippen MR) is 120 cm³/mol. The number of carbonyl (C=O) groups is 2. The van der Waals surface area contributed by atoms with E-state index in [0.717, 1.165) is 39.3 Å². The molecule has 0 amide bonds. The van der Waals surface area contributed by atoms with Crippen LogP contribution in [0.4, 0.5) is 0 Å². The number of ether oxygens (including phenoxy) is 1. The first-order valence-electron chi connectivity index (χ1n) is 10.4. The Hall–Kier alpha value is -2.74. The van der Waals surface area contributed by atoms with Crippen molar-refractivity contribution in [3.05, 3.63) is 70.1 Å². The Balaban J connectivity index is 1.27. The fraction of sp³-hybridized carbons (Fsp3) is 0.333. The first kappa shape index (κ1) is 21.5. The molecule has 0 spiro atoms. The van der Waals surface area contributed by atoms with E-state index in [2.05, 4.69) is 34.1 Å². The van der Waals surface area contributed by atoms with E-state index in [4.69, 9.17) is 9.15 Å². The number of ketones is 1. The Morgan fingerprint density at radius 3 is 2.48 bits per heavy atom. The van der Waals surface area contributed by atoms with Gasteiger partial charge in [0, 0.05) is 51.3 Å². The van der Waals surface area contributed by atoms with E-state index in [1.54, 1.807) is 18.2 Å². The molecule has 162 valence electrons. The molecule has 0 unspecified atom stereocenters. The summed E-state index contributed by atoms with van der Waals surface area (Å²) in [6.07, 6.45) is 0.416. The largest absolute Gasteiger partial charge is 0.465 e. The van der Waals surface area contributed by atoms with Crippen LogP contribution >= 0.6 is 11.3 Å². The van der Waals surface area contributed by atoms with Crippen LogP contribution in [0.2, 0.25) is 0 Å². The lowest BCUT2D eigenvalue weighted by Gasteiger charge is -2.34. The average molecular weight is 439 g/mol. The maximum atomic E-state index is 12.6. The minimum absolute atomic E-state index is 0.0205. The number of thiophene rings is 1. The number of carbonyl (C=O) groups excluding carboxylic acids is 2. The molecule has 0 atom stereocenters. The van der Waals surface area contributed by atoms with Crippen LogP contribution < -0.4 is 0 Å². The van der Waals surface area contributed by atoms with Gasteiger partial charge in [-0.05, 0) is 29.1 Å². The summed E-state index contributed by atoms with van der Waals surface area (Å²) in [5.41, 5.74) is 1.99. The van der Waals surface area contributed by atoms with Gasteiger partial charge in [-0.1, -0.05) is 30.3 Å². The third-order valence-electron chi connectivity index (χ3n) is 5.55. The van der Waals surface area contributed by atoms with Crippen molar-refractivity contribution >= 4 is 23.1 Å². The predicted octanol–water partition coefficient (Wildman–Crippen LogP) is 4.19. The first-order chi connectivity index (χ1) is 15.1. The van der Waals surface area contributed by atoms with Gasteiger partial charge in [-0.15, -0.1) is 11.3 Å². The third-order valence-corrected chi connectivity index (χ3v) is 6.45. The molecule has 1 aromatic carbocycles. The molecule has 7 heteroatoms. The van der Waals surface area contributed by atoms with Crippen LogP contribution in [0.3, 0.4) is 0 Å². The van der Waals surface area contributed by atoms with Crippen LogP contribution in [0.1, 0.15) is 32.2 Å². The lowest BCUT2D eigenvalue weighted by atomic mass is 10.2. The van der Waals surface area contributed by atoms with Gasteiger partial charge in [-0.2, -0.15) is 0 Å². The molecule has 0 radical (unpaired) electrons. The average Bonchev–Trinajstić information content (AvgIpc) is 3.48. The van der Waals surface area contributed by atoms with E-state index in [1.807, 2.05) is 11.4 Å². The van der Waals surface area contributed by atoms with E-state index >= 15 is 0 Å². The maximum Gasteiger partial charge on any atom is 0.348 e. The van der Waals surface area contributed by atoms with Gasteiger partial charge in [0.25, 0.3) is 0 Å². The van der Waals surface area contributed by atoms with Crippen molar-refractivity contribution in [2.45, 2.75) is 13.0 Å². The van der Waals surface area contributed by atoms with Crippen molar-refractivity contribution in [3.63, 3.8) is 0 Å². The van der Waals surface area contributed by atoms with E-state index in [1.165, 1.54) is 24.0 Å². The van der Waals surface area contributed by atoms with Crippen molar-refractivity contribution in [3.8, 4) is 11.3 Å². The Morgan fingerprint density at radius 1 is 1.00 bits per heavy atom.